The molecule has 0 aromatic heterocycles. The molecule has 150 valence electrons. The lowest BCUT2D eigenvalue weighted by molar-refractivity contribution is -0.140. The second-order valence-electron chi connectivity index (χ2n) is 7.25. The summed E-state index contributed by atoms with van der Waals surface area (Å²) in [5, 5.41) is 3.57. The van der Waals surface area contributed by atoms with Crippen molar-refractivity contribution in [1.29, 1.82) is 0 Å². The van der Waals surface area contributed by atoms with E-state index in [-0.39, 0.29) is 17.9 Å². The smallest absolute Gasteiger partial charge is 0.242 e. The van der Waals surface area contributed by atoms with E-state index in [0.717, 1.165) is 11.1 Å². The number of carbonyl (C=O) groups is 2. The van der Waals surface area contributed by atoms with Gasteiger partial charge in [-0.25, -0.2) is 0 Å². The van der Waals surface area contributed by atoms with E-state index in [0.29, 0.717) is 30.8 Å². The first-order chi connectivity index (χ1) is 13.4. The fraction of sp³-hybridized carbons (Fsp3) is 0.391. The van der Waals surface area contributed by atoms with Crippen molar-refractivity contribution in [3.8, 4) is 0 Å². The van der Waals surface area contributed by atoms with E-state index in [9.17, 15) is 9.59 Å². The Bertz CT molecular complexity index is 777. The normalized spacial score (nSPS) is 11.9. The van der Waals surface area contributed by atoms with Gasteiger partial charge in [-0.05, 0) is 50.8 Å². The molecule has 0 unspecified atom stereocenters. The van der Waals surface area contributed by atoms with Crippen LogP contribution in [0.5, 0.6) is 0 Å². The predicted molar refractivity (Wildman–Crippen MR) is 114 cm³/mol. The number of halogens is 1. The van der Waals surface area contributed by atoms with Gasteiger partial charge in [0.25, 0.3) is 0 Å². The van der Waals surface area contributed by atoms with E-state index in [1.54, 1.807) is 11.8 Å². The highest BCUT2D eigenvalue weighted by atomic mass is 35.5. The summed E-state index contributed by atoms with van der Waals surface area (Å²) in [6.07, 6.45) is 1.58. The van der Waals surface area contributed by atoms with Crippen LogP contribution in [0, 0.1) is 0 Å². The summed E-state index contributed by atoms with van der Waals surface area (Å²) in [5.41, 5.74) is 2.09. The van der Waals surface area contributed by atoms with Crippen LogP contribution in [0.2, 0.25) is 5.02 Å². The van der Waals surface area contributed by atoms with Crippen LogP contribution in [0.1, 0.15) is 38.3 Å². The van der Waals surface area contributed by atoms with Crippen molar-refractivity contribution in [2.45, 2.75) is 52.1 Å². The number of benzene rings is 2. The highest BCUT2D eigenvalue weighted by molar-refractivity contribution is 6.31. The fourth-order valence-corrected chi connectivity index (χ4v) is 3.29. The highest BCUT2D eigenvalue weighted by Gasteiger charge is 2.25. The standard InChI is InChI=1S/C23H29ClN2O2/c1-17(2)25-23(28)18(3)26(16-15-19-9-5-4-6-10-19)22(27)14-13-20-11-7-8-12-21(20)24/h4-12,17-18H,13-16H2,1-3H3,(H,25,28)/t18-/m0/s1. The van der Waals surface area contributed by atoms with Crippen LogP contribution in [0.3, 0.4) is 0 Å². The minimum absolute atomic E-state index is 0.0316. The lowest BCUT2D eigenvalue weighted by atomic mass is 10.1. The molecule has 5 heteroatoms. The zero-order valence-electron chi connectivity index (χ0n) is 16.8. The van der Waals surface area contributed by atoms with Gasteiger partial charge in [0.1, 0.15) is 6.04 Å². The maximum Gasteiger partial charge on any atom is 0.242 e. The molecule has 0 radical (unpaired) electrons. The minimum Gasteiger partial charge on any atom is -0.352 e. The Balaban J connectivity index is 2.07. The molecule has 28 heavy (non-hydrogen) atoms. The molecule has 2 amide bonds. The molecule has 2 aromatic carbocycles. The van der Waals surface area contributed by atoms with E-state index in [1.807, 2.05) is 68.4 Å². The monoisotopic (exact) mass is 400 g/mol. The van der Waals surface area contributed by atoms with Gasteiger partial charge in [-0.1, -0.05) is 60.1 Å². The van der Waals surface area contributed by atoms with Crippen LogP contribution in [-0.2, 0) is 22.4 Å². The van der Waals surface area contributed by atoms with Crippen LogP contribution in [0.15, 0.2) is 54.6 Å². The summed E-state index contributed by atoms with van der Waals surface area (Å²) >= 11 is 6.21. The van der Waals surface area contributed by atoms with Crippen LogP contribution < -0.4 is 5.32 Å². The van der Waals surface area contributed by atoms with Gasteiger partial charge >= 0.3 is 0 Å². The zero-order valence-corrected chi connectivity index (χ0v) is 17.6. The van der Waals surface area contributed by atoms with Crippen LogP contribution >= 0.6 is 11.6 Å². The number of aryl methyl sites for hydroxylation is 1. The van der Waals surface area contributed by atoms with Gasteiger partial charge in [0.05, 0.1) is 0 Å². The van der Waals surface area contributed by atoms with E-state index >= 15 is 0 Å². The van der Waals surface area contributed by atoms with Crippen molar-refractivity contribution in [2.75, 3.05) is 6.54 Å². The van der Waals surface area contributed by atoms with Crippen molar-refractivity contribution in [2.24, 2.45) is 0 Å². The van der Waals surface area contributed by atoms with E-state index < -0.39 is 6.04 Å². The first-order valence-corrected chi connectivity index (χ1v) is 10.1. The van der Waals surface area contributed by atoms with Crippen molar-refractivity contribution >= 4 is 23.4 Å². The maximum atomic E-state index is 13.0. The summed E-state index contributed by atoms with van der Waals surface area (Å²) in [4.78, 5) is 27.2. The molecule has 0 heterocycles. The summed E-state index contributed by atoms with van der Waals surface area (Å²) in [5.74, 6) is -0.170. The topological polar surface area (TPSA) is 49.4 Å². The molecule has 2 aromatic rings. The third-order valence-corrected chi connectivity index (χ3v) is 5.02. The number of nitrogens with one attached hydrogen (secondary N) is 1. The number of amides is 2. The van der Waals surface area contributed by atoms with Crippen LogP contribution in [0.25, 0.3) is 0 Å². The SMILES string of the molecule is CC(C)NC(=O)[C@H](C)N(CCc1ccccc1)C(=O)CCc1ccccc1Cl. The van der Waals surface area contributed by atoms with E-state index in [4.69, 9.17) is 11.6 Å². The Morgan fingerprint density at radius 2 is 1.61 bits per heavy atom. The molecule has 0 spiro atoms. The second kappa shape index (κ2) is 10.9. The molecule has 0 aliphatic carbocycles. The average Bonchev–Trinajstić information content (AvgIpc) is 2.67. The van der Waals surface area contributed by atoms with E-state index in [2.05, 4.69) is 5.32 Å². The summed E-state index contributed by atoms with van der Waals surface area (Å²) < 4.78 is 0. The quantitative estimate of drug-likeness (QED) is 0.683. The van der Waals surface area contributed by atoms with Crippen molar-refractivity contribution in [1.82, 2.24) is 10.2 Å². The molecular formula is C23H29ClN2O2. The molecule has 0 bridgehead atoms. The Morgan fingerprint density at radius 3 is 2.25 bits per heavy atom. The first kappa shape index (κ1) is 22.0. The number of rotatable bonds is 9. The Labute approximate surface area is 172 Å². The molecule has 0 aliphatic rings. The Kier molecular flexibility index (Phi) is 8.52. The van der Waals surface area contributed by atoms with Gasteiger partial charge in [0.2, 0.25) is 11.8 Å². The summed E-state index contributed by atoms with van der Waals surface area (Å²) in [6.45, 7) is 6.12. The molecule has 0 aliphatic heterocycles. The minimum atomic E-state index is -0.523. The number of hydrogen-bond acceptors (Lipinski definition) is 2. The molecule has 1 N–H and O–H groups in total. The summed E-state index contributed by atoms with van der Waals surface area (Å²) in [7, 11) is 0. The summed E-state index contributed by atoms with van der Waals surface area (Å²) in [6, 6.07) is 17.0. The predicted octanol–water partition coefficient (Wildman–Crippen LogP) is 4.26. The molecule has 4 nitrogen and oxygen atoms in total. The van der Waals surface area contributed by atoms with Gasteiger partial charge < -0.3 is 10.2 Å². The fourth-order valence-electron chi connectivity index (χ4n) is 3.06. The zero-order chi connectivity index (χ0) is 20.5. The largest absolute Gasteiger partial charge is 0.352 e. The van der Waals surface area contributed by atoms with Crippen molar-refractivity contribution in [3.05, 3.63) is 70.7 Å². The number of nitrogens with zero attached hydrogens (tertiary/aromatic N) is 1. The van der Waals surface area contributed by atoms with Gasteiger partial charge in [-0.2, -0.15) is 0 Å². The number of hydrogen-bond donors (Lipinski definition) is 1. The lowest BCUT2D eigenvalue weighted by Gasteiger charge is -2.29. The molecule has 0 saturated carbocycles. The van der Waals surface area contributed by atoms with Crippen molar-refractivity contribution < 1.29 is 9.59 Å². The maximum absolute atomic E-state index is 13.0. The van der Waals surface area contributed by atoms with Gasteiger partial charge in [-0.3, -0.25) is 9.59 Å². The third-order valence-electron chi connectivity index (χ3n) is 4.65. The lowest BCUT2D eigenvalue weighted by Crippen LogP contribution is -2.50. The first-order valence-electron chi connectivity index (χ1n) is 9.75. The highest BCUT2D eigenvalue weighted by Crippen LogP contribution is 2.17. The average molecular weight is 401 g/mol. The van der Waals surface area contributed by atoms with Crippen LogP contribution in [-0.4, -0.2) is 35.3 Å². The van der Waals surface area contributed by atoms with Gasteiger partial charge in [-0.15, -0.1) is 0 Å². The Hall–Kier alpha value is -2.33. The van der Waals surface area contributed by atoms with E-state index in [1.165, 1.54) is 0 Å². The second-order valence-corrected chi connectivity index (χ2v) is 7.66. The van der Waals surface area contributed by atoms with Gasteiger partial charge in [0, 0.05) is 24.0 Å². The molecule has 0 saturated heterocycles. The van der Waals surface area contributed by atoms with Gasteiger partial charge in [0.15, 0.2) is 0 Å². The molecule has 1 atom stereocenters. The van der Waals surface area contributed by atoms with Crippen molar-refractivity contribution in [3.63, 3.8) is 0 Å². The molecular weight excluding hydrogens is 372 g/mol. The van der Waals surface area contributed by atoms with Crippen LogP contribution in [0.4, 0.5) is 0 Å². The molecule has 0 fully saturated rings. The molecule has 2 rings (SSSR count). The Morgan fingerprint density at radius 1 is 0.964 bits per heavy atom. The third kappa shape index (κ3) is 6.68. The number of carbonyl (C=O) groups excluding carboxylic acids is 2.